The van der Waals surface area contributed by atoms with E-state index in [4.69, 9.17) is 4.52 Å². The number of piperazine rings is 1. The summed E-state index contributed by atoms with van der Waals surface area (Å²) in [6, 6.07) is 3.78. The second-order valence-corrected chi connectivity index (χ2v) is 7.60. The Balaban J connectivity index is 1.23. The third-order valence-corrected chi connectivity index (χ3v) is 5.53. The molecular weight excluding hydrogens is 356 g/mol. The zero-order valence-corrected chi connectivity index (χ0v) is 16.3. The molecule has 2 aromatic rings. The number of carbonyl (C=O) groups excluding carboxylic acids is 1. The molecule has 150 valence electrons. The molecule has 0 unspecified atom stereocenters. The van der Waals surface area contributed by atoms with Gasteiger partial charge in [0.1, 0.15) is 0 Å². The fourth-order valence-electron chi connectivity index (χ4n) is 3.84. The lowest BCUT2D eigenvalue weighted by Crippen LogP contribution is -2.49. The highest BCUT2D eigenvalue weighted by Gasteiger charge is 2.23. The maximum atomic E-state index is 12.6. The highest BCUT2D eigenvalue weighted by Crippen LogP contribution is 2.15. The van der Waals surface area contributed by atoms with E-state index in [-0.39, 0.29) is 5.91 Å². The molecule has 28 heavy (non-hydrogen) atoms. The van der Waals surface area contributed by atoms with Crippen LogP contribution in [0.5, 0.6) is 0 Å². The van der Waals surface area contributed by atoms with E-state index in [9.17, 15) is 4.79 Å². The van der Waals surface area contributed by atoms with Gasteiger partial charge in [-0.1, -0.05) is 18.0 Å². The molecule has 8 heteroatoms. The maximum Gasteiger partial charge on any atom is 0.241 e. The molecule has 0 aromatic carbocycles. The Bertz CT molecular complexity index is 749. The average molecular weight is 384 g/mol. The summed E-state index contributed by atoms with van der Waals surface area (Å²) in [4.78, 5) is 27.7. The summed E-state index contributed by atoms with van der Waals surface area (Å²) in [5.74, 6) is 1.48. The predicted octanol–water partition coefficient (Wildman–Crippen LogP) is 1.65. The number of hydrogen-bond acceptors (Lipinski definition) is 7. The van der Waals surface area contributed by atoms with Crippen LogP contribution in [0.1, 0.15) is 31.6 Å². The van der Waals surface area contributed by atoms with Crippen molar-refractivity contribution >= 4 is 5.91 Å². The van der Waals surface area contributed by atoms with E-state index in [0.717, 1.165) is 57.7 Å². The van der Waals surface area contributed by atoms with Crippen LogP contribution in [0.3, 0.4) is 0 Å². The Morgan fingerprint density at radius 1 is 1.00 bits per heavy atom. The Hall–Kier alpha value is -2.32. The number of amides is 1. The smallest absolute Gasteiger partial charge is 0.241 e. The number of rotatable bonds is 5. The molecule has 4 heterocycles. The molecule has 2 saturated heterocycles. The predicted molar refractivity (Wildman–Crippen MR) is 104 cm³/mol. The Kier molecular flexibility index (Phi) is 6.28. The van der Waals surface area contributed by atoms with Crippen LogP contribution in [-0.4, -0.2) is 81.5 Å². The molecule has 8 nitrogen and oxygen atoms in total. The Labute approximate surface area is 165 Å². The third kappa shape index (κ3) is 4.94. The first kappa shape index (κ1) is 19.0. The molecular formula is C20H28N6O2. The van der Waals surface area contributed by atoms with Crippen LogP contribution in [0.25, 0.3) is 11.4 Å². The van der Waals surface area contributed by atoms with Gasteiger partial charge in [0.05, 0.1) is 13.1 Å². The van der Waals surface area contributed by atoms with Crippen LogP contribution >= 0.6 is 0 Å². The molecule has 2 aliphatic heterocycles. The van der Waals surface area contributed by atoms with Crippen molar-refractivity contribution in [1.29, 1.82) is 0 Å². The molecule has 0 N–H and O–H groups in total. The minimum absolute atomic E-state index is 0.286. The second-order valence-electron chi connectivity index (χ2n) is 7.60. The maximum absolute atomic E-state index is 12.6. The molecule has 0 radical (unpaired) electrons. The van der Waals surface area contributed by atoms with E-state index in [0.29, 0.717) is 24.8 Å². The van der Waals surface area contributed by atoms with Crippen LogP contribution in [0, 0.1) is 0 Å². The number of aromatic nitrogens is 3. The van der Waals surface area contributed by atoms with Gasteiger partial charge >= 0.3 is 0 Å². The molecule has 0 spiro atoms. The van der Waals surface area contributed by atoms with Gasteiger partial charge in [-0.25, -0.2) is 0 Å². The van der Waals surface area contributed by atoms with Gasteiger partial charge in [0, 0.05) is 57.2 Å². The van der Waals surface area contributed by atoms with Crippen LogP contribution in [0.4, 0.5) is 0 Å². The largest absolute Gasteiger partial charge is 0.342 e. The quantitative estimate of drug-likeness (QED) is 0.775. The number of carbonyl (C=O) groups is 1. The molecule has 0 aliphatic carbocycles. The van der Waals surface area contributed by atoms with Gasteiger partial charge < -0.3 is 9.42 Å². The summed E-state index contributed by atoms with van der Waals surface area (Å²) in [7, 11) is 0. The standard InChI is InChI=1S/C20H28N6O2/c27-19(26-8-3-1-2-4-9-26)16-25-12-10-24(11-13-25)15-18-22-20(23-28-18)17-6-5-7-21-14-17/h5-7,14H,1-4,8-13,15-16H2. The molecule has 2 aromatic heterocycles. The van der Waals surface area contributed by atoms with Gasteiger partial charge in [0.2, 0.25) is 17.6 Å². The Morgan fingerprint density at radius 2 is 1.75 bits per heavy atom. The van der Waals surface area contributed by atoms with Crippen molar-refractivity contribution in [2.75, 3.05) is 45.8 Å². The fourth-order valence-corrected chi connectivity index (χ4v) is 3.84. The van der Waals surface area contributed by atoms with Crippen molar-refractivity contribution < 1.29 is 9.32 Å². The summed E-state index contributed by atoms with van der Waals surface area (Å²) in [6.07, 6.45) is 8.24. The number of hydrogen-bond donors (Lipinski definition) is 0. The van der Waals surface area contributed by atoms with E-state index in [1.54, 1.807) is 12.4 Å². The number of nitrogens with zero attached hydrogens (tertiary/aromatic N) is 6. The van der Waals surface area contributed by atoms with E-state index in [1.165, 1.54) is 12.8 Å². The van der Waals surface area contributed by atoms with Crippen LogP contribution in [-0.2, 0) is 11.3 Å². The summed E-state index contributed by atoms with van der Waals surface area (Å²) < 4.78 is 5.40. The molecule has 0 bridgehead atoms. The van der Waals surface area contributed by atoms with E-state index in [2.05, 4.69) is 29.8 Å². The first-order valence-corrected chi connectivity index (χ1v) is 10.2. The minimum atomic E-state index is 0.286. The van der Waals surface area contributed by atoms with Crippen LogP contribution in [0.2, 0.25) is 0 Å². The third-order valence-electron chi connectivity index (χ3n) is 5.53. The van der Waals surface area contributed by atoms with Crippen molar-refractivity contribution in [2.24, 2.45) is 0 Å². The summed E-state index contributed by atoms with van der Waals surface area (Å²) in [6.45, 7) is 6.62. The van der Waals surface area contributed by atoms with Crippen molar-refractivity contribution in [3.63, 3.8) is 0 Å². The lowest BCUT2D eigenvalue weighted by molar-refractivity contribution is -0.132. The van der Waals surface area contributed by atoms with Crippen molar-refractivity contribution in [1.82, 2.24) is 29.8 Å². The van der Waals surface area contributed by atoms with Crippen molar-refractivity contribution in [3.8, 4) is 11.4 Å². The van der Waals surface area contributed by atoms with E-state index < -0.39 is 0 Å². The second kappa shape index (κ2) is 9.25. The Morgan fingerprint density at radius 3 is 2.46 bits per heavy atom. The monoisotopic (exact) mass is 384 g/mol. The topological polar surface area (TPSA) is 78.6 Å². The van der Waals surface area contributed by atoms with Gasteiger partial charge in [0.25, 0.3) is 0 Å². The lowest BCUT2D eigenvalue weighted by Gasteiger charge is -2.34. The van der Waals surface area contributed by atoms with Gasteiger partial charge in [-0.2, -0.15) is 4.98 Å². The van der Waals surface area contributed by atoms with Crippen molar-refractivity contribution in [2.45, 2.75) is 32.2 Å². The van der Waals surface area contributed by atoms with Gasteiger partial charge in [-0.15, -0.1) is 0 Å². The zero-order valence-electron chi connectivity index (χ0n) is 16.3. The molecule has 2 fully saturated rings. The number of pyridine rings is 1. The normalized spacial score (nSPS) is 19.5. The van der Waals surface area contributed by atoms with Crippen LogP contribution < -0.4 is 0 Å². The lowest BCUT2D eigenvalue weighted by atomic mass is 10.2. The first-order valence-electron chi connectivity index (χ1n) is 10.2. The average Bonchev–Trinajstić information content (AvgIpc) is 3.02. The molecule has 2 aliphatic rings. The van der Waals surface area contributed by atoms with Gasteiger partial charge in [-0.05, 0) is 25.0 Å². The first-order chi connectivity index (χ1) is 13.8. The SMILES string of the molecule is O=C(CN1CCN(Cc2nc(-c3cccnc3)no2)CC1)N1CCCCCC1. The molecule has 4 rings (SSSR count). The van der Waals surface area contributed by atoms with Crippen molar-refractivity contribution in [3.05, 3.63) is 30.4 Å². The summed E-state index contributed by atoms with van der Waals surface area (Å²) >= 11 is 0. The van der Waals surface area contributed by atoms with Crippen LogP contribution in [0.15, 0.2) is 29.0 Å². The van der Waals surface area contributed by atoms with Gasteiger partial charge in [0.15, 0.2) is 0 Å². The highest BCUT2D eigenvalue weighted by molar-refractivity contribution is 5.78. The highest BCUT2D eigenvalue weighted by atomic mass is 16.5. The minimum Gasteiger partial charge on any atom is -0.342 e. The molecule has 0 atom stereocenters. The van der Waals surface area contributed by atoms with E-state index in [1.807, 2.05) is 12.1 Å². The zero-order chi connectivity index (χ0) is 19.2. The summed E-state index contributed by atoms with van der Waals surface area (Å²) in [5, 5.41) is 4.05. The number of likely N-dealkylation sites (tertiary alicyclic amines) is 1. The molecule has 1 amide bonds. The van der Waals surface area contributed by atoms with E-state index >= 15 is 0 Å². The molecule has 0 saturated carbocycles. The summed E-state index contributed by atoms with van der Waals surface area (Å²) in [5.41, 5.74) is 0.856. The van der Waals surface area contributed by atoms with Gasteiger partial charge in [-0.3, -0.25) is 19.6 Å². The fraction of sp³-hybridized carbons (Fsp3) is 0.600.